The SMILES string of the molecule is CCc1nc2sc(CC)c(-c3ccc(C)c(C)c3)n2c1C(=O)O. The van der Waals surface area contributed by atoms with Crippen molar-refractivity contribution in [3.63, 3.8) is 0 Å². The number of carboxylic acids is 1. The molecule has 2 heterocycles. The average Bonchev–Trinajstić information content (AvgIpc) is 3.04. The summed E-state index contributed by atoms with van der Waals surface area (Å²) in [6, 6.07) is 6.29. The van der Waals surface area contributed by atoms with E-state index in [1.54, 1.807) is 11.3 Å². The minimum Gasteiger partial charge on any atom is -0.477 e. The van der Waals surface area contributed by atoms with E-state index in [0.717, 1.165) is 22.6 Å². The highest BCUT2D eigenvalue weighted by Crippen LogP contribution is 2.35. The van der Waals surface area contributed by atoms with Crippen LogP contribution in [-0.4, -0.2) is 20.5 Å². The molecule has 1 aromatic carbocycles. The first-order valence-corrected chi connectivity index (χ1v) is 8.63. The molecule has 120 valence electrons. The molecule has 3 aromatic rings. The molecule has 4 nitrogen and oxygen atoms in total. The largest absolute Gasteiger partial charge is 0.477 e. The summed E-state index contributed by atoms with van der Waals surface area (Å²) in [5, 5.41) is 9.68. The quantitative estimate of drug-likeness (QED) is 0.767. The standard InChI is InChI=1S/C18H20N2O2S/c1-5-13-16(17(21)22)20-15(14(6-2)23-18(20)19-13)12-8-7-10(3)11(4)9-12/h7-9H,5-6H2,1-4H3,(H,21,22). The number of aryl methyl sites for hydroxylation is 4. The Morgan fingerprint density at radius 2 is 1.96 bits per heavy atom. The molecule has 0 saturated heterocycles. The van der Waals surface area contributed by atoms with Crippen molar-refractivity contribution >= 4 is 22.3 Å². The van der Waals surface area contributed by atoms with Crippen LogP contribution in [0.15, 0.2) is 18.2 Å². The second-order valence-corrected chi connectivity index (χ2v) is 6.77. The van der Waals surface area contributed by atoms with Crippen molar-refractivity contribution in [2.45, 2.75) is 40.5 Å². The monoisotopic (exact) mass is 328 g/mol. The third-order valence-corrected chi connectivity index (χ3v) is 5.44. The van der Waals surface area contributed by atoms with Gasteiger partial charge in [-0.2, -0.15) is 0 Å². The molecular weight excluding hydrogens is 308 g/mol. The molecular formula is C18H20N2O2S. The lowest BCUT2D eigenvalue weighted by molar-refractivity contribution is 0.0688. The highest BCUT2D eigenvalue weighted by Gasteiger charge is 2.24. The second kappa shape index (κ2) is 5.81. The van der Waals surface area contributed by atoms with Gasteiger partial charge in [0.05, 0.1) is 11.4 Å². The Morgan fingerprint density at radius 1 is 1.22 bits per heavy atom. The van der Waals surface area contributed by atoms with Gasteiger partial charge in [-0.15, -0.1) is 11.3 Å². The number of benzene rings is 1. The van der Waals surface area contributed by atoms with E-state index in [1.165, 1.54) is 16.0 Å². The smallest absolute Gasteiger partial charge is 0.354 e. The van der Waals surface area contributed by atoms with Crippen LogP contribution in [0.2, 0.25) is 0 Å². The summed E-state index contributed by atoms with van der Waals surface area (Å²) >= 11 is 1.59. The molecule has 0 aliphatic carbocycles. The molecule has 0 aliphatic rings. The Balaban J connectivity index is 2.39. The zero-order chi connectivity index (χ0) is 16.7. The molecule has 0 aliphatic heterocycles. The lowest BCUT2D eigenvalue weighted by Crippen LogP contribution is -2.06. The van der Waals surface area contributed by atoms with Crippen LogP contribution in [0.25, 0.3) is 16.2 Å². The lowest BCUT2D eigenvalue weighted by atomic mass is 10.0. The molecule has 0 saturated carbocycles. The van der Waals surface area contributed by atoms with E-state index in [1.807, 2.05) is 11.3 Å². The van der Waals surface area contributed by atoms with Crippen molar-refractivity contribution in [3.8, 4) is 11.3 Å². The second-order valence-electron chi connectivity index (χ2n) is 5.71. The molecule has 0 unspecified atom stereocenters. The Hall–Kier alpha value is -2.14. The summed E-state index contributed by atoms with van der Waals surface area (Å²) in [6.07, 6.45) is 1.47. The van der Waals surface area contributed by atoms with Crippen molar-refractivity contribution in [1.82, 2.24) is 9.38 Å². The number of fused-ring (bicyclic) bond motifs is 1. The number of aromatic carboxylic acids is 1. The van der Waals surface area contributed by atoms with Gasteiger partial charge in [-0.05, 0) is 49.4 Å². The maximum Gasteiger partial charge on any atom is 0.354 e. The number of thiazole rings is 1. The minimum absolute atomic E-state index is 0.298. The maximum absolute atomic E-state index is 11.8. The zero-order valence-electron chi connectivity index (χ0n) is 13.8. The molecule has 1 N–H and O–H groups in total. The summed E-state index contributed by atoms with van der Waals surface area (Å²) in [4.78, 5) is 18.3. The first-order valence-electron chi connectivity index (χ1n) is 7.81. The van der Waals surface area contributed by atoms with Gasteiger partial charge in [0.15, 0.2) is 10.7 Å². The minimum atomic E-state index is -0.917. The van der Waals surface area contributed by atoms with Gasteiger partial charge in [-0.1, -0.05) is 26.0 Å². The first-order chi connectivity index (χ1) is 11.0. The molecule has 0 amide bonds. The van der Waals surface area contributed by atoms with Crippen LogP contribution < -0.4 is 0 Å². The van der Waals surface area contributed by atoms with Crippen LogP contribution in [-0.2, 0) is 12.8 Å². The van der Waals surface area contributed by atoms with Crippen molar-refractivity contribution in [1.29, 1.82) is 0 Å². The summed E-state index contributed by atoms with van der Waals surface area (Å²) < 4.78 is 1.83. The molecule has 3 rings (SSSR count). The number of rotatable bonds is 4. The van der Waals surface area contributed by atoms with Gasteiger partial charge in [0.25, 0.3) is 0 Å². The van der Waals surface area contributed by atoms with Crippen LogP contribution in [0.3, 0.4) is 0 Å². The number of hydrogen-bond acceptors (Lipinski definition) is 3. The molecule has 0 bridgehead atoms. The third-order valence-electron chi connectivity index (χ3n) is 4.26. The Morgan fingerprint density at radius 3 is 2.52 bits per heavy atom. The van der Waals surface area contributed by atoms with Gasteiger partial charge in [0.1, 0.15) is 0 Å². The van der Waals surface area contributed by atoms with E-state index in [0.29, 0.717) is 17.8 Å². The molecule has 0 fully saturated rings. The highest BCUT2D eigenvalue weighted by molar-refractivity contribution is 7.17. The number of carboxylic acid groups (broad SMARTS) is 1. The zero-order valence-corrected chi connectivity index (χ0v) is 14.6. The number of imidazole rings is 1. The van der Waals surface area contributed by atoms with E-state index >= 15 is 0 Å². The summed E-state index contributed by atoms with van der Waals surface area (Å²) in [6.45, 7) is 8.20. The van der Waals surface area contributed by atoms with Crippen LogP contribution in [0, 0.1) is 13.8 Å². The van der Waals surface area contributed by atoms with E-state index < -0.39 is 5.97 Å². The van der Waals surface area contributed by atoms with Crippen molar-refractivity contribution in [2.75, 3.05) is 0 Å². The van der Waals surface area contributed by atoms with Gasteiger partial charge in [0, 0.05) is 4.88 Å². The molecule has 5 heteroatoms. The number of nitrogens with zero attached hydrogens (tertiary/aromatic N) is 2. The Bertz CT molecular complexity index is 906. The van der Waals surface area contributed by atoms with Crippen LogP contribution >= 0.6 is 11.3 Å². The van der Waals surface area contributed by atoms with Gasteiger partial charge < -0.3 is 5.11 Å². The molecule has 0 spiro atoms. The van der Waals surface area contributed by atoms with Gasteiger partial charge in [0.2, 0.25) is 0 Å². The predicted octanol–water partition coefficient (Wildman–Crippen LogP) is 4.50. The topological polar surface area (TPSA) is 54.6 Å². The third kappa shape index (κ3) is 2.45. The molecule has 0 atom stereocenters. The fourth-order valence-corrected chi connectivity index (χ4v) is 3.99. The van der Waals surface area contributed by atoms with Crippen LogP contribution in [0.5, 0.6) is 0 Å². The summed E-state index contributed by atoms with van der Waals surface area (Å²) in [5.41, 5.74) is 5.41. The fourth-order valence-electron chi connectivity index (χ4n) is 2.89. The first kappa shape index (κ1) is 15.7. The number of aromatic nitrogens is 2. The number of carbonyl (C=O) groups is 1. The van der Waals surface area contributed by atoms with Crippen molar-refractivity contribution in [2.24, 2.45) is 0 Å². The van der Waals surface area contributed by atoms with E-state index in [4.69, 9.17) is 0 Å². The lowest BCUT2D eigenvalue weighted by Gasteiger charge is -2.08. The maximum atomic E-state index is 11.8. The van der Waals surface area contributed by atoms with E-state index in [-0.39, 0.29) is 0 Å². The summed E-state index contributed by atoms with van der Waals surface area (Å²) in [5.74, 6) is -0.917. The fraction of sp³-hybridized carbons (Fsp3) is 0.333. The Kier molecular flexibility index (Phi) is 3.98. The molecule has 0 radical (unpaired) electrons. The van der Waals surface area contributed by atoms with E-state index in [2.05, 4.69) is 44.0 Å². The molecule has 23 heavy (non-hydrogen) atoms. The van der Waals surface area contributed by atoms with Crippen molar-refractivity contribution < 1.29 is 9.90 Å². The van der Waals surface area contributed by atoms with E-state index in [9.17, 15) is 9.90 Å². The highest BCUT2D eigenvalue weighted by atomic mass is 32.1. The van der Waals surface area contributed by atoms with Crippen molar-refractivity contribution in [3.05, 3.63) is 45.6 Å². The van der Waals surface area contributed by atoms with Crippen LogP contribution in [0.4, 0.5) is 0 Å². The molecule has 2 aromatic heterocycles. The van der Waals surface area contributed by atoms with Crippen LogP contribution in [0.1, 0.15) is 46.0 Å². The predicted molar refractivity (Wildman–Crippen MR) is 93.7 cm³/mol. The van der Waals surface area contributed by atoms with Gasteiger partial charge >= 0.3 is 5.97 Å². The summed E-state index contributed by atoms with van der Waals surface area (Å²) in [7, 11) is 0. The van der Waals surface area contributed by atoms with Gasteiger partial charge in [-0.3, -0.25) is 4.40 Å². The Labute approximate surface area is 139 Å². The van der Waals surface area contributed by atoms with Gasteiger partial charge in [-0.25, -0.2) is 9.78 Å². The number of hydrogen-bond donors (Lipinski definition) is 1. The average molecular weight is 328 g/mol. The normalized spacial score (nSPS) is 11.3.